The number of fused-ring (bicyclic) bond motifs is 1. The first-order valence-electron chi connectivity index (χ1n) is 9.58. The molecule has 0 unspecified atom stereocenters. The molecule has 0 amide bonds. The number of piperidine rings is 1. The second kappa shape index (κ2) is 8.14. The Hall–Kier alpha value is -2.41. The average molecular weight is 428 g/mol. The van der Waals surface area contributed by atoms with Crippen molar-refractivity contribution in [1.82, 2.24) is 18.8 Å². The summed E-state index contributed by atoms with van der Waals surface area (Å²) in [6, 6.07) is 12.5. The fraction of sp³-hybridized carbons (Fsp3) is 0.350. The Morgan fingerprint density at radius 1 is 1.14 bits per heavy atom. The van der Waals surface area contributed by atoms with Crippen LogP contribution in [0.1, 0.15) is 31.9 Å². The molecular formula is C20H21N5O2S2. The zero-order valence-electron chi connectivity index (χ0n) is 16.1. The molecule has 1 aromatic carbocycles. The smallest absolute Gasteiger partial charge is 0.243 e. The normalized spacial score (nSPS) is 15.4. The quantitative estimate of drug-likeness (QED) is 0.617. The number of nitriles is 1. The van der Waals surface area contributed by atoms with Gasteiger partial charge in [-0.05, 0) is 61.9 Å². The predicted octanol–water partition coefficient (Wildman–Crippen LogP) is 3.65. The maximum atomic E-state index is 13.0. The van der Waals surface area contributed by atoms with E-state index in [-0.39, 0.29) is 4.90 Å². The number of nitrogens with zero attached hydrogens (tertiary/aromatic N) is 5. The van der Waals surface area contributed by atoms with Crippen molar-refractivity contribution in [2.45, 2.75) is 47.8 Å². The third-order valence-corrected chi connectivity index (χ3v) is 7.81. The molecule has 0 radical (unpaired) electrons. The van der Waals surface area contributed by atoms with E-state index in [1.807, 2.05) is 29.7 Å². The molecule has 0 N–H and O–H groups in total. The minimum atomic E-state index is -3.50. The molecular weight excluding hydrogens is 406 g/mol. The van der Waals surface area contributed by atoms with E-state index in [0.29, 0.717) is 35.9 Å². The molecule has 1 aliphatic heterocycles. The first-order chi connectivity index (χ1) is 14.0. The van der Waals surface area contributed by atoms with Gasteiger partial charge in [0.05, 0.1) is 15.9 Å². The van der Waals surface area contributed by atoms with Crippen LogP contribution in [0, 0.1) is 11.3 Å². The molecule has 0 spiro atoms. The average Bonchev–Trinajstić information content (AvgIpc) is 3.10. The highest BCUT2D eigenvalue weighted by Crippen LogP contribution is 2.31. The molecule has 1 saturated heterocycles. The van der Waals surface area contributed by atoms with Gasteiger partial charge >= 0.3 is 0 Å². The fourth-order valence-corrected chi connectivity index (χ4v) is 6.01. The summed E-state index contributed by atoms with van der Waals surface area (Å²) in [6.07, 6.45) is 2.89. The van der Waals surface area contributed by atoms with Gasteiger partial charge in [-0.15, -0.1) is 0 Å². The first kappa shape index (κ1) is 19.9. The van der Waals surface area contributed by atoms with E-state index in [0.717, 1.165) is 29.9 Å². The molecule has 1 aliphatic rings. The molecule has 0 bridgehead atoms. The molecule has 3 heterocycles. The molecule has 3 aromatic rings. The lowest BCUT2D eigenvalue weighted by Crippen LogP contribution is -2.35. The van der Waals surface area contributed by atoms with Gasteiger partial charge in [-0.1, -0.05) is 12.5 Å². The Labute approximate surface area is 174 Å². The summed E-state index contributed by atoms with van der Waals surface area (Å²) in [6.45, 7) is 3.86. The van der Waals surface area contributed by atoms with Crippen LogP contribution >= 0.6 is 11.8 Å². The van der Waals surface area contributed by atoms with Gasteiger partial charge in [0.25, 0.3) is 0 Å². The van der Waals surface area contributed by atoms with Gasteiger partial charge in [0.15, 0.2) is 5.16 Å². The Morgan fingerprint density at radius 2 is 1.93 bits per heavy atom. The Morgan fingerprint density at radius 3 is 2.66 bits per heavy atom. The van der Waals surface area contributed by atoms with Crippen LogP contribution in [0.3, 0.4) is 0 Å². The summed E-state index contributed by atoms with van der Waals surface area (Å²) in [5, 5.41) is 10.5. The largest absolute Gasteiger partial charge is 0.319 e. The SMILES string of the molecule is CCn1c(Sc2cccc(C#N)n2)nc2cc(S(=O)(=O)N3CCCCC3)ccc21. The van der Waals surface area contributed by atoms with Gasteiger partial charge in [-0.2, -0.15) is 9.57 Å². The third kappa shape index (κ3) is 3.88. The lowest BCUT2D eigenvalue weighted by atomic mass is 10.2. The molecule has 0 aliphatic carbocycles. The molecule has 0 saturated carbocycles. The Balaban J connectivity index is 1.71. The van der Waals surface area contributed by atoms with Crippen molar-refractivity contribution in [3.05, 3.63) is 42.1 Å². The van der Waals surface area contributed by atoms with Crippen molar-refractivity contribution in [2.75, 3.05) is 13.1 Å². The van der Waals surface area contributed by atoms with Crippen LogP contribution in [0.4, 0.5) is 0 Å². The molecule has 7 nitrogen and oxygen atoms in total. The van der Waals surface area contributed by atoms with Crippen LogP contribution in [-0.4, -0.2) is 40.3 Å². The number of hydrogen-bond donors (Lipinski definition) is 0. The molecule has 0 atom stereocenters. The number of aryl methyl sites for hydroxylation is 1. The maximum Gasteiger partial charge on any atom is 0.243 e. The minimum absolute atomic E-state index is 0.286. The lowest BCUT2D eigenvalue weighted by molar-refractivity contribution is 0.346. The van der Waals surface area contributed by atoms with Gasteiger partial charge < -0.3 is 4.57 Å². The molecule has 9 heteroatoms. The summed E-state index contributed by atoms with van der Waals surface area (Å²) in [5.74, 6) is 0. The van der Waals surface area contributed by atoms with Crippen LogP contribution in [-0.2, 0) is 16.6 Å². The van der Waals surface area contributed by atoms with Crippen LogP contribution in [0.2, 0.25) is 0 Å². The lowest BCUT2D eigenvalue weighted by Gasteiger charge is -2.25. The fourth-order valence-electron chi connectivity index (χ4n) is 3.51. The first-order valence-corrected chi connectivity index (χ1v) is 11.8. The maximum absolute atomic E-state index is 13.0. The number of benzene rings is 1. The number of sulfonamides is 1. The van der Waals surface area contributed by atoms with E-state index < -0.39 is 10.0 Å². The highest BCUT2D eigenvalue weighted by molar-refractivity contribution is 7.99. The molecule has 1 fully saturated rings. The standard InChI is InChI=1S/C20H21N5O2S2/c1-2-25-18-10-9-16(29(26,27)24-11-4-3-5-12-24)13-17(18)23-20(25)28-19-8-6-7-15(14-21)22-19/h6-10,13H,2-5,11-12H2,1H3. The van der Waals surface area contributed by atoms with Crippen molar-refractivity contribution in [2.24, 2.45) is 0 Å². The predicted molar refractivity (Wildman–Crippen MR) is 111 cm³/mol. The van der Waals surface area contributed by atoms with Gasteiger partial charge in [-0.25, -0.2) is 18.4 Å². The van der Waals surface area contributed by atoms with Crippen molar-refractivity contribution in [3.63, 3.8) is 0 Å². The van der Waals surface area contributed by atoms with E-state index in [1.54, 1.807) is 28.6 Å². The van der Waals surface area contributed by atoms with E-state index in [9.17, 15) is 8.42 Å². The minimum Gasteiger partial charge on any atom is -0.319 e. The number of rotatable bonds is 5. The van der Waals surface area contributed by atoms with Crippen LogP contribution in [0.25, 0.3) is 11.0 Å². The summed E-state index contributed by atoms with van der Waals surface area (Å²) in [7, 11) is -3.50. The molecule has 29 heavy (non-hydrogen) atoms. The van der Waals surface area contributed by atoms with Crippen molar-refractivity contribution >= 4 is 32.8 Å². The third-order valence-electron chi connectivity index (χ3n) is 4.99. The van der Waals surface area contributed by atoms with Crippen LogP contribution < -0.4 is 0 Å². The van der Waals surface area contributed by atoms with E-state index in [1.165, 1.54) is 11.8 Å². The topological polar surface area (TPSA) is 91.9 Å². The zero-order chi connectivity index (χ0) is 20.4. The summed E-state index contributed by atoms with van der Waals surface area (Å²) in [5.41, 5.74) is 1.87. The molecule has 2 aromatic heterocycles. The van der Waals surface area contributed by atoms with Gasteiger partial charge in [-0.3, -0.25) is 0 Å². The Bertz CT molecular complexity index is 1190. The molecule has 150 valence electrons. The monoisotopic (exact) mass is 427 g/mol. The van der Waals surface area contributed by atoms with E-state index >= 15 is 0 Å². The second-order valence-corrected chi connectivity index (χ2v) is 9.75. The Kier molecular flexibility index (Phi) is 5.58. The van der Waals surface area contributed by atoms with Gasteiger partial charge in [0.1, 0.15) is 16.8 Å². The van der Waals surface area contributed by atoms with Crippen molar-refractivity contribution in [1.29, 1.82) is 5.26 Å². The number of pyridine rings is 1. The number of aromatic nitrogens is 3. The van der Waals surface area contributed by atoms with E-state index in [2.05, 4.69) is 9.97 Å². The molecule has 4 rings (SSSR count). The van der Waals surface area contributed by atoms with Crippen LogP contribution in [0.5, 0.6) is 0 Å². The number of hydrogen-bond acceptors (Lipinski definition) is 6. The van der Waals surface area contributed by atoms with Gasteiger partial charge in [0, 0.05) is 19.6 Å². The summed E-state index contributed by atoms with van der Waals surface area (Å²) in [4.78, 5) is 9.26. The van der Waals surface area contributed by atoms with Crippen molar-refractivity contribution < 1.29 is 8.42 Å². The van der Waals surface area contributed by atoms with Crippen LogP contribution in [0.15, 0.2) is 51.5 Å². The zero-order valence-corrected chi connectivity index (χ0v) is 17.7. The highest BCUT2D eigenvalue weighted by Gasteiger charge is 2.26. The number of imidazole rings is 1. The van der Waals surface area contributed by atoms with Gasteiger partial charge in [0.2, 0.25) is 10.0 Å². The second-order valence-electron chi connectivity index (χ2n) is 6.83. The summed E-state index contributed by atoms with van der Waals surface area (Å²) < 4.78 is 29.6. The van der Waals surface area contributed by atoms with Crippen molar-refractivity contribution in [3.8, 4) is 6.07 Å². The highest BCUT2D eigenvalue weighted by atomic mass is 32.2. The summed E-state index contributed by atoms with van der Waals surface area (Å²) >= 11 is 1.37. The van der Waals surface area contributed by atoms with E-state index in [4.69, 9.17) is 5.26 Å².